The maximum atomic E-state index is 13.8. The van der Waals surface area contributed by atoms with Crippen LogP contribution in [0.3, 0.4) is 0 Å². The number of thioether (sulfide) groups is 1. The van der Waals surface area contributed by atoms with Crippen molar-refractivity contribution in [2.24, 2.45) is 0 Å². The van der Waals surface area contributed by atoms with Gasteiger partial charge in [-0.15, -0.1) is 11.3 Å². The van der Waals surface area contributed by atoms with Crippen molar-refractivity contribution in [1.29, 1.82) is 0 Å². The summed E-state index contributed by atoms with van der Waals surface area (Å²) in [5.74, 6) is 0.879. The van der Waals surface area contributed by atoms with Crippen LogP contribution in [0.25, 0.3) is 10.1 Å². The van der Waals surface area contributed by atoms with Crippen molar-refractivity contribution >= 4 is 50.7 Å². The molecule has 0 saturated carbocycles. The first-order valence-electron chi connectivity index (χ1n) is 7.29. The second-order valence-electron chi connectivity index (χ2n) is 5.14. The minimum absolute atomic E-state index is 0.186. The van der Waals surface area contributed by atoms with E-state index in [1.165, 1.54) is 17.4 Å². The number of hydrogen-bond donors (Lipinski definition) is 2. The van der Waals surface area contributed by atoms with Crippen LogP contribution in [0.1, 0.15) is 21.1 Å². The predicted octanol–water partition coefficient (Wildman–Crippen LogP) is 4.39. The number of fused-ring (bicyclic) bond motifs is 1. The van der Waals surface area contributed by atoms with Crippen LogP contribution in [-0.4, -0.2) is 28.2 Å². The van der Waals surface area contributed by atoms with Crippen LogP contribution in [0.5, 0.6) is 0 Å². The molecule has 0 aliphatic heterocycles. The van der Waals surface area contributed by atoms with E-state index in [-0.39, 0.29) is 10.9 Å². The van der Waals surface area contributed by atoms with Crippen molar-refractivity contribution < 1.29 is 9.18 Å². The standard InChI is InChI=1S/C16H15ClFN3OS2/c1-9-11(21-8-20-9)7-23-6-5-19-16(22)15-14(17)13-10(18)3-2-4-12(13)24-15/h2-4,8H,5-7H2,1H3,(H,19,22)(H,20,21). The van der Waals surface area contributed by atoms with Gasteiger partial charge in [0.1, 0.15) is 10.7 Å². The fraction of sp³-hybridized carbons (Fsp3) is 0.250. The summed E-state index contributed by atoms with van der Waals surface area (Å²) in [5, 5.41) is 3.33. The van der Waals surface area contributed by atoms with E-state index in [9.17, 15) is 9.18 Å². The van der Waals surface area contributed by atoms with Crippen LogP contribution < -0.4 is 5.32 Å². The summed E-state index contributed by atoms with van der Waals surface area (Å²) in [5.41, 5.74) is 2.08. The Morgan fingerprint density at radius 2 is 2.33 bits per heavy atom. The Labute approximate surface area is 151 Å². The predicted molar refractivity (Wildman–Crippen MR) is 98.6 cm³/mol. The first-order chi connectivity index (χ1) is 11.6. The number of nitrogens with zero attached hydrogens (tertiary/aromatic N) is 1. The van der Waals surface area contributed by atoms with Crippen molar-refractivity contribution in [2.45, 2.75) is 12.7 Å². The van der Waals surface area contributed by atoms with E-state index in [2.05, 4.69) is 15.3 Å². The molecule has 1 amide bonds. The number of halogens is 2. The Balaban J connectivity index is 1.55. The van der Waals surface area contributed by atoms with Crippen molar-refractivity contribution in [1.82, 2.24) is 15.3 Å². The Morgan fingerprint density at radius 3 is 3.04 bits per heavy atom. The van der Waals surface area contributed by atoms with E-state index in [0.29, 0.717) is 21.5 Å². The SMILES string of the molecule is Cc1[nH]cnc1CSCCNC(=O)c1sc2cccc(F)c2c1Cl. The second-order valence-corrected chi connectivity index (χ2v) is 7.68. The number of aromatic amines is 1. The molecule has 0 aliphatic rings. The third-order valence-corrected chi connectivity index (χ3v) is 6.13. The molecule has 2 aromatic heterocycles. The first-order valence-corrected chi connectivity index (χ1v) is 9.64. The van der Waals surface area contributed by atoms with E-state index in [1.54, 1.807) is 30.2 Å². The number of thiophene rings is 1. The van der Waals surface area contributed by atoms with Crippen LogP contribution in [0.15, 0.2) is 24.5 Å². The maximum Gasteiger partial charge on any atom is 0.262 e. The summed E-state index contributed by atoms with van der Waals surface area (Å²) in [7, 11) is 0. The maximum absolute atomic E-state index is 13.8. The Hall–Kier alpha value is -1.57. The number of aryl methyl sites for hydroxylation is 1. The van der Waals surface area contributed by atoms with Gasteiger partial charge in [-0.05, 0) is 19.1 Å². The molecule has 0 radical (unpaired) electrons. The summed E-state index contributed by atoms with van der Waals surface area (Å²) >= 11 is 9.07. The molecule has 4 nitrogen and oxygen atoms in total. The lowest BCUT2D eigenvalue weighted by Crippen LogP contribution is -2.25. The van der Waals surface area contributed by atoms with Crippen molar-refractivity contribution in [3.63, 3.8) is 0 Å². The molecule has 1 aromatic carbocycles. The lowest BCUT2D eigenvalue weighted by atomic mass is 10.2. The molecule has 3 rings (SSSR count). The molecule has 24 heavy (non-hydrogen) atoms. The molecule has 3 aromatic rings. The minimum Gasteiger partial charge on any atom is -0.350 e. The molecular weight excluding hydrogens is 369 g/mol. The highest BCUT2D eigenvalue weighted by molar-refractivity contribution is 7.98. The summed E-state index contributed by atoms with van der Waals surface area (Å²) in [6, 6.07) is 4.71. The van der Waals surface area contributed by atoms with Gasteiger partial charge in [-0.3, -0.25) is 4.79 Å². The molecule has 0 unspecified atom stereocenters. The monoisotopic (exact) mass is 383 g/mol. The van der Waals surface area contributed by atoms with E-state index < -0.39 is 5.82 Å². The number of amides is 1. The number of carbonyl (C=O) groups excluding carboxylic acids is 1. The number of carbonyl (C=O) groups is 1. The van der Waals surface area contributed by atoms with Crippen molar-refractivity contribution in [2.75, 3.05) is 12.3 Å². The van der Waals surface area contributed by atoms with Crippen molar-refractivity contribution in [3.8, 4) is 0 Å². The normalized spacial score (nSPS) is 11.1. The highest BCUT2D eigenvalue weighted by atomic mass is 35.5. The molecular formula is C16H15ClFN3OS2. The second kappa shape index (κ2) is 7.55. The molecule has 2 heterocycles. The molecule has 0 bridgehead atoms. The minimum atomic E-state index is -0.405. The zero-order chi connectivity index (χ0) is 17.1. The molecule has 126 valence electrons. The molecule has 8 heteroatoms. The average Bonchev–Trinajstić information content (AvgIpc) is 3.11. The Kier molecular flexibility index (Phi) is 5.43. The van der Waals surface area contributed by atoms with Gasteiger partial charge in [-0.25, -0.2) is 9.37 Å². The molecule has 0 fully saturated rings. The fourth-order valence-corrected chi connectivity index (χ4v) is 4.58. The van der Waals surface area contributed by atoms with Gasteiger partial charge in [0.2, 0.25) is 0 Å². The van der Waals surface area contributed by atoms with Crippen LogP contribution in [0, 0.1) is 12.7 Å². The number of nitrogens with one attached hydrogen (secondary N) is 2. The van der Waals surface area contributed by atoms with E-state index in [0.717, 1.165) is 22.9 Å². The fourth-order valence-electron chi connectivity index (χ4n) is 2.24. The number of hydrogen-bond acceptors (Lipinski definition) is 4. The zero-order valence-electron chi connectivity index (χ0n) is 12.9. The highest BCUT2D eigenvalue weighted by Crippen LogP contribution is 2.36. The Bertz CT molecular complexity index is 877. The smallest absolute Gasteiger partial charge is 0.262 e. The first kappa shape index (κ1) is 17.3. The van der Waals surface area contributed by atoms with Gasteiger partial charge in [-0.1, -0.05) is 17.7 Å². The molecule has 0 aliphatic carbocycles. The topological polar surface area (TPSA) is 57.8 Å². The number of aromatic nitrogens is 2. The lowest BCUT2D eigenvalue weighted by molar-refractivity contribution is 0.0960. The van der Waals surface area contributed by atoms with E-state index in [4.69, 9.17) is 11.6 Å². The van der Waals surface area contributed by atoms with Crippen LogP contribution in [0.2, 0.25) is 5.02 Å². The van der Waals surface area contributed by atoms with Gasteiger partial charge >= 0.3 is 0 Å². The molecule has 0 spiro atoms. The summed E-state index contributed by atoms with van der Waals surface area (Å²) < 4.78 is 14.5. The number of rotatable bonds is 6. The van der Waals surface area contributed by atoms with Crippen LogP contribution >= 0.6 is 34.7 Å². The molecule has 0 saturated heterocycles. The van der Waals surface area contributed by atoms with E-state index >= 15 is 0 Å². The number of H-pyrrole nitrogens is 1. The summed E-state index contributed by atoms with van der Waals surface area (Å²) in [6.07, 6.45) is 1.68. The quantitative estimate of drug-likeness (QED) is 0.621. The third-order valence-electron chi connectivity index (χ3n) is 3.52. The van der Waals surface area contributed by atoms with Gasteiger partial charge in [0.25, 0.3) is 5.91 Å². The zero-order valence-corrected chi connectivity index (χ0v) is 15.2. The number of imidazole rings is 1. The van der Waals surface area contributed by atoms with Crippen molar-refractivity contribution in [3.05, 3.63) is 51.6 Å². The Morgan fingerprint density at radius 1 is 1.50 bits per heavy atom. The van der Waals surface area contributed by atoms with Gasteiger partial charge in [0.05, 0.1) is 17.0 Å². The number of benzene rings is 1. The van der Waals surface area contributed by atoms with Gasteiger partial charge in [0, 0.05) is 33.8 Å². The van der Waals surface area contributed by atoms with Crippen LogP contribution in [-0.2, 0) is 5.75 Å². The van der Waals surface area contributed by atoms with E-state index in [1.807, 2.05) is 6.92 Å². The summed E-state index contributed by atoms with van der Waals surface area (Å²) in [4.78, 5) is 19.9. The largest absolute Gasteiger partial charge is 0.350 e. The summed E-state index contributed by atoms with van der Waals surface area (Å²) in [6.45, 7) is 2.49. The average molecular weight is 384 g/mol. The highest BCUT2D eigenvalue weighted by Gasteiger charge is 2.19. The van der Waals surface area contributed by atoms with Gasteiger partial charge in [0.15, 0.2) is 0 Å². The van der Waals surface area contributed by atoms with Gasteiger partial charge in [-0.2, -0.15) is 11.8 Å². The molecule has 2 N–H and O–H groups in total. The van der Waals surface area contributed by atoms with Crippen LogP contribution in [0.4, 0.5) is 4.39 Å². The third kappa shape index (κ3) is 3.58. The van der Waals surface area contributed by atoms with Gasteiger partial charge < -0.3 is 10.3 Å². The lowest BCUT2D eigenvalue weighted by Gasteiger charge is -2.04. The molecule has 0 atom stereocenters.